The molecule has 3 rings (SSSR count). The average molecular weight is 381 g/mol. The first-order chi connectivity index (χ1) is 13.1. The Morgan fingerprint density at radius 1 is 1.26 bits per heavy atom. The minimum absolute atomic E-state index is 0.235. The van der Waals surface area contributed by atoms with Crippen molar-refractivity contribution >= 4 is 28.8 Å². The van der Waals surface area contributed by atoms with E-state index in [0.29, 0.717) is 34.7 Å². The maximum absolute atomic E-state index is 12.4. The normalized spacial score (nSPS) is 11.9. The number of hydrogen-bond acceptors (Lipinski definition) is 5. The minimum Gasteiger partial charge on any atom is -0.408 e. The molecule has 0 aliphatic heterocycles. The van der Waals surface area contributed by atoms with E-state index >= 15 is 0 Å². The predicted molar refractivity (Wildman–Crippen MR) is 106 cm³/mol. The molecule has 138 valence electrons. The third-order valence-electron chi connectivity index (χ3n) is 4.23. The molecule has 0 aliphatic rings. The summed E-state index contributed by atoms with van der Waals surface area (Å²) in [6, 6.07) is 16.0. The molecular formula is C20H19N3O3S. The van der Waals surface area contributed by atoms with Gasteiger partial charge in [0.05, 0.1) is 17.1 Å². The van der Waals surface area contributed by atoms with Crippen LogP contribution >= 0.6 is 11.8 Å². The van der Waals surface area contributed by atoms with E-state index in [1.54, 1.807) is 49.0 Å². The third-order valence-corrected chi connectivity index (χ3v) is 5.23. The lowest BCUT2D eigenvalue weighted by Gasteiger charge is -2.13. The number of nitriles is 1. The number of carbonyl (C=O) groups excluding carboxylic acids is 1. The Morgan fingerprint density at radius 2 is 2.00 bits per heavy atom. The molecule has 0 fully saturated rings. The SMILES string of the molecule is CC(C(=O)NCCSCc1ccccc1C#N)n1c(=O)oc2ccccc21. The predicted octanol–water partition coefficient (Wildman–Crippen LogP) is 3.08. The van der Waals surface area contributed by atoms with Crippen LogP contribution in [-0.4, -0.2) is 22.8 Å². The molecule has 1 atom stereocenters. The number of aromatic nitrogens is 1. The maximum atomic E-state index is 12.4. The van der Waals surface area contributed by atoms with E-state index in [1.807, 2.05) is 18.2 Å². The van der Waals surface area contributed by atoms with Crippen LogP contribution in [0.1, 0.15) is 24.1 Å². The van der Waals surface area contributed by atoms with Crippen LogP contribution in [-0.2, 0) is 10.5 Å². The Balaban J connectivity index is 1.53. The lowest BCUT2D eigenvalue weighted by atomic mass is 10.1. The van der Waals surface area contributed by atoms with Crippen LogP contribution in [0.2, 0.25) is 0 Å². The van der Waals surface area contributed by atoms with Crippen molar-refractivity contribution in [2.45, 2.75) is 18.7 Å². The Hall–Kier alpha value is -2.98. The van der Waals surface area contributed by atoms with Gasteiger partial charge in [-0.25, -0.2) is 4.79 Å². The molecule has 27 heavy (non-hydrogen) atoms. The molecule has 0 saturated carbocycles. The Morgan fingerprint density at radius 3 is 2.81 bits per heavy atom. The van der Waals surface area contributed by atoms with Crippen molar-refractivity contribution in [1.82, 2.24) is 9.88 Å². The van der Waals surface area contributed by atoms with E-state index in [0.717, 1.165) is 5.56 Å². The minimum atomic E-state index is -0.662. The van der Waals surface area contributed by atoms with Gasteiger partial charge in [-0.3, -0.25) is 9.36 Å². The lowest BCUT2D eigenvalue weighted by Crippen LogP contribution is -2.35. The van der Waals surface area contributed by atoms with Gasteiger partial charge in [0.1, 0.15) is 6.04 Å². The highest BCUT2D eigenvalue weighted by molar-refractivity contribution is 7.98. The summed E-state index contributed by atoms with van der Waals surface area (Å²) in [4.78, 5) is 24.5. The van der Waals surface area contributed by atoms with Gasteiger partial charge in [0.25, 0.3) is 0 Å². The number of oxazole rings is 1. The highest BCUT2D eigenvalue weighted by atomic mass is 32.2. The molecule has 1 N–H and O–H groups in total. The summed E-state index contributed by atoms with van der Waals surface area (Å²) >= 11 is 1.64. The van der Waals surface area contributed by atoms with Gasteiger partial charge >= 0.3 is 5.76 Å². The Kier molecular flexibility index (Phi) is 5.99. The van der Waals surface area contributed by atoms with Crippen LogP contribution < -0.4 is 11.1 Å². The fourth-order valence-electron chi connectivity index (χ4n) is 2.80. The van der Waals surface area contributed by atoms with Crippen molar-refractivity contribution in [3.05, 3.63) is 70.2 Å². The zero-order valence-corrected chi connectivity index (χ0v) is 15.7. The molecule has 0 aliphatic carbocycles. The lowest BCUT2D eigenvalue weighted by molar-refractivity contribution is -0.123. The summed E-state index contributed by atoms with van der Waals surface area (Å²) in [6.07, 6.45) is 0. The summed E-state index contributed by atoms with van der Waals surface area (Å²) in [5, 5.41) is 11.9. The smallest absolute Gasteiger partial charge is 0.408 e. The molecule has 1 amide bonds. The second kappa shape index (κ2) is 8.60. The third kappa shape index (κ3) is 4.23. The Labute approximate surface area is 160 Å². The van der Waals surface area contributed by atoms with Gasteiger partial charge in [0, 0.05) is 18.1 Å². The number of nitrogens with one attached hydrogen (secondary N) is 1. The summed E-state index contributed by atoms with van der Waals surface area (Å²) in [7, 11) is 0. The van der Waals surface area contributed by atoms with Gasteiger partial charge in [-0.1, -0.05) is 30.3 Å². The molecule has 0 radical (unpaired) electrons. The van der Waals surface area contributed by atoms with Crippen LogP contribution in [0.3, 0.4) is 0 Å². The van der Waals surface area contributed by atoms with Gasteiger partial charge in [-0.05, 0) is 30.7 Å². The van der Waals surface area contributed by atoms with E-state index in [2.05, 4.69) is 11.4 Å². The van der Waals surface area contributed by atoms with Crippen molar-refractivity contribution < 1.29 is 9.21 Å². The summed E-state index contributed by atoms with van der Waals surface area (Å²) in [5.41, 5.74) is 2.73. The second-order valence-electron chi connectivity index (χ2n) is 5.99. The first-order valence-corrected chi connectivity index (χ1v) is 9.71. The maximum Gasteiger partial charge on any atom is 0.420 e. The highest BCUT2D eigenvalue weighted by Crippen LogP contribution is 2.17. The van der Waals surface area contributed by atoms with Gasteiger partial charge < -0.3 is 9.73 Å². The number of benzene rings is 2. The number of amides is 1. The van der Waals surface area contributed by atoms with Crippen molar-refractivity contribution in [2.75, 3.05) is 12.3 Å². The first kappa shape index (κ1) is 18.8. The quantitative estimate of drug-likeness (QED) is 0.636. The fraction of sp³-hybridized carbons (Fsp3) is 0.250. The summed E-state index contributed by atoms with van der Waals surface area (Å²) in [5.74, 6) is 0.642. The van der Waals surface area contributed by atoms with Crippen molar-refractivity contribution in [2.24, 2.45) is 0 Å². The molecule has 1 aromatic heterocycles. The van der Waals surface area contributed by atoms with Crippen molar-refractivity contribution in [1.29, 1.82) is 5.26 Å². The molecular weight excluding hydrogens is 362 g/mol. The number of para-hydroxylation sites is 2. The monoisotopic (exact) mass is 381 g/mol. The second-order valence-corrected chi connectivity index (χ2v) is 7.10. The van der Waals surface area contributed by atoms with Gasteiger partial charge in [0.2, 0.25) is 5.91 Å². The van der Waals surface area contributed by atoms with Crippen molar-refractivity contribution in [3.63, 3.8) is 0 Å². The molecule has 0 saturated heterocycles. The van der Waals surface area contributed by atoms with Crippen LogP contribution in [0.25, 0.3) is 11.1 Å². The summed E-state index contributed by atoms with van der Waals surface area (Å²) < 4.78 is 6.54. The van der Waals surface area contributed by atoms with E-state index < -0.39 is 11.8 Å². The zero-order chi connectivity index (χ0) is 19.2. The number of rotatable bonds is 7. The van der Waals surface area contributed by atoms with Crippen LogP contribution in [0.15, 0.2) is 57.7 Å². The zero-order valence-electron chi connectivity index (χ0n) is 14.8. The van der Waals surface area contributed by atoms with Gasteiger partial charge in [-0.2, -0.15) is 17.0 Å². The highest BCUT2D eigenvalue weighted by Gasteiger charge is 2.20. The molecule has 6 nitrogen and oxygen atoms in total. The topological polar surface area (TPSA) is 88.0 Å². The van der Waals surface area contributed by atoms with Gasteiger partial charge in [0.15, 0.2) is 5.58 Å². The number of hydrogen-bond donors (Lipinski definition) is 1. The fourth-order valence-corrected chi connectivity index (χ4v) is 3.66. The average Bonchev–Trinajstić information content (AvgIpc) is 3.02. The van der Waals surface area contributed by atoms with Crippen LogP contribution in [0, 0.1) is 11.3 Å². The van der Waals surface area contributed by atoms with Crippen LogP contribution in [0.4, 0.5) is 0 Å². The van der Waals surface area contributed by atoms with E-state index in [4.69, 9.17) is 9.68 Å². The largest absolute Gasteiger partial charge is 0.420 e. The van der Waals surface area contributed by atoms with E-state index in [-0.39, 0.29) is 5.91 Å². The molecule has 3 aromatic rings. The molecule has 1 heterocycles. The van der Waals surface area contributed by atoms with Crippen LogP contribution in [0.5, 0.6) is 0 Å². The number of carbonyl (C=O) groups is 1. The molecule has 0 bridgehead atoms. The first-order valence-electron chi connectivity index (χ1n) is 8.55. The Bertz CT molecular complexity index is 1050. The molecule has 2 aromatic carbocycles. The van der Waals surface area contributed by atoms with E-state index in [1.165, 1.54) is 4.57 Å². The number of thioether (sulfide) groups is 1. The standard InChI is InChI=1S/C20H19N3O3S/c1-14(23-17-8-4-5-9-18(17)26-20(23)25)19(24)22-10-11-27-13-16-7-3-2-6-15(16)12-21/h2-9,14H,10-11,13H2,1H3,(H,22,24). The molecule has 7 heteroatoms. The molecule has 1 unspecified atom stereocenters. The van der Waals surface area contributed by atoms with Gasteiger partial charge in [-0.15, -0.1) is 0 Å². The number of nitrogens with zero attached hydrogens (tertiary/aromatic N) is 2. The molecule has 0 spiro atoms. The summed E-state index contributed by atoms with van der Waals surface area (Å²) in [6.45, 7) is 2.15. The van der Waals surface area contributed by atoms with Crippen molar-refractivity contribution in [3.8, 4) is 6.07 Å². The number of fused-ring (bicyclic) bond motifs is 1. The van der Waals surface area contributed by atoms with E-state index in [9.17, 15) is 9.59 Å².